The summed E-state index contributed by atoms with van der Waals surface area (Å²) in [5.74, 6) is 1.34. The standard InChI is InChI=1S/C24H40Si2/c1-16(2)15-26(11,24-20(6)18(4)19(5)21(24)7)23-13-17(3)12-22(14-23)25(8,9)10/h12-14,16,20H,15H2,1-11H3. The fourth-order valence-corrected chi connectivity index (χ4v) is 12.0. The van der Waals surface area contributed by atoms with E-state index < -0.39 is 16.1 Å². The Bertz CT molecular complexity index is 759. The van der Waals surface area contributed by atoms with E-state index in [0.717, 1.165) is 5.92 Å². The molecule has 1 aromatic rings. The van der Waals surface area contributed by atoms with Crippen LogP contribution < -0.4 is 10.4 Å². The monoisotopic (exact) mass is 384 g/mol. The van der Waals surface area contributed by atoms with Gasteiger partial charge in [0, 0.05) is 0 Å². The molecule has 0 aromatic heterocycles. The van der Waals surface area contributed by atoms with Crippen LogP contribution in [0.5, 0.6) is 0 Å². The third-order valence-corrected chi connectivity index (χ3v) is 13.8. The molecule has 0 nitrogen and oxygen atoms in total. The van der Waals surface area contributed by atoms with Crippen molar-refractivity contribution >= 4 is 26.5 Å². The van der Waals surface area contributed by atoms with Crippen LogP contribution in [0, 0.1) is 18.8 Å². The smallest absolute Gasteiger partial charge is 0.0660 e. The Balaban J connectivity index is 2.72. The van der Waals surface area contributed by atoms with Crippen LogP contribution in [-0.4, -0.2) is 16.1 Å². The fourth-order valence-electron chi connectivity index (χ4n) is 4.99. The average Bonchev–Trinajstić information content (AvgIpc) is 2.69. The zero-order valence-electron chi connectivity index (χ0n) is 19.1. The molecule has 0 saturated carbocycles. The molecule has 0 saturated heterocycles. The molecule has 1 aromatic carbocycles. The summed E-state index contributed by atoms with van der Waals surface area (Å²) in [5, 5.41) is 5.10. The molecule has 0 spiro atoms. The summed E-state index contributed by atoms with van der Waals surface area (Å²) < 4.78 is 0. The van der Waals surface area contributed by atoms with Gasteiger partial charge in [-0.2, -0.15) is 0 Å². The maximum atomic E-state index is 2.65. The second-order valence-electron chi connectivity index (χ2n) is 10.3. The van der Waals surface area contributed by atoms with E-state index in [1.54, 1.807) is 32.3 Å². The molecule has 2 atom stereocenters. The first-order chi connectivity index (χ1) is 11.8. The molecule has 0 amide bonds. The number of rotatable bonds is 5. The van der Waals surface area contributed by atoms with Crippen molar-refractivity contribution in [2.45, 2.75) is 80.7 Å². The zero-order chi connectivity index (χ0) is 20.0. The summed E-state index contributed by atoms with van der Waals surface area (Å²) >= 11 is 0. The Kier molecular flexibility index (Phi) is 6.00. The third-order valence-electron chi connectivity index (χ3n) is 6.63. The number of hydrogen-bond donors (Lipinski definition) is 0. The first-order valence-electron chi connectivity index (χ1n) is 10.3. The molecular weight excluding hydrogens is 344 g/mol. The molecule has 26 heavy (non-hydrogen) atoms. The molecule has 2 unspecified atom stereocenters. The van der Waals surface area contributed by atoms with Gasteiger partial charge < -0.3 is 0 Å². The predicted molar refractivity (Wildman–Crippen MR) is 125 cm³/mol. The van der Waals surface area contributed by atoms with Crippen LogP contribution in [0.2, 0.25) is 32.2 Å². The lowest BCUT2D eigenvalue weighted by molar-refractivity contribution is 0.717. The number of allylic oxidation sites excluding steroid dienone is 4. The fraction of sp³-hybridized carbons (Fsp3) is 0.583. The Labute approximate surface area is 164 Å². The highest BCUT2D eigenvalue weighted by Gasteiger charge is 2.41. The van der Waals surface area contributed by atoms with Crippen molar-refractivity contribution in [2.24, 2.45) is 11.8 Å². The van der Waals surface area contributed by atoms with Gasteiger partial charge in [-0.25, -0.2) is 0 Å². The lowest BCUT2D eigenvalue weighted by Gasteiger charge is -2.36. The summed E-state index contributed by atoms with van der Waals surface area (Å²) in [6, 6.07) is 8.94. The van der Waals surface area contributed by atoms with Crippen molar-refractivity contribution < 1.29 is 0 Å². The quantitative estimate of drug-likeness (QED) is 0.521. The van der Waals surface area contributed by atoms with Crippen molar-refractivity contribution in [3.63, 3.8) is 0 Å². The van der Waals surface area contributed by atoms with Crippen molar-refractivity contribution in [2.75, 3.05) is 0 Å². The molecule has 1 aliphatic carbocycles. The largest absolute Gasteiger partial charge is 0.111 e. The summed E-state index contributed by atoms with van der Waals surface area (Å²) in [6.07, 6.45) is 0. The van der Waals surface area contributed by atoms with E-state index in [2.05, 4.69) is 92.9 Å². The number of aryl methyl sites for hydroxylation is 1. The van der Waals surface area contributed by atoms with Gasteiger partial charge in [0.25, 0.3) is 0 Å². The van der Waals surface area contributed by atoms with Crippen LogP contribution in [0.15, 0.2) is 40.1 Å². The van der Waals surface area contributed by atoms with Crippen molar-refractivity contribution in [3.05, 3.63) is 45.7 Å². The van der Waals surface area contributed by atoms with Crippen LogP contribution in [-0.2, 0) is 0 Å². The SMILES string of the molecule is CC1=C(C)C(C)C([Si](C)(CC(C)C)c2cc(C)cc([Si](C)(C)C)c2)=C1C. The molecule has 0 heterocycles. The molecule has 0 N–H and O–H groups in total. The van der Waals surface area contributed by atoms with E-state index in [4.69, 9.17) is 0 Å². The first kappa shape index (κ1) is 21.4. The van der Waals surface area contributed by atoms with E-state index in [-0.39, 0.29) is 0 Å². The number of hydrogen-bond acceptors (Lipinski definition) is 0. The van der Waals surface area contributed by atoms with Gasteiger partial charge in [-0.15, -0.1) is 0 Å². The van der Waals surface area contributed by atoms with Crippen LogP contribution in [0.4, 0.5) is 0 Å². The predicted octanol–water partition coefficient (Wildman–Crippen LogP) is 6.32. The van der Waals surface area contributed by atoms with Crippen molar-refractivity contribution in [1.82, 2.24) is 0 Å². The molecule has 2 rings (SSSR count). The van der Waals surface area contributed by atoms with E-state index in [1.165, 1.54) is 11.6 Å². The van der Waals surface area contributed by atoms with Crippen molar-refractivity contribution in [1.29, 1.82) is 0 Å². The number of benzene rings is 1. The zero-order valence-corrected chi connectivity index (χ0v) is 21.1. The average molecular weight is 385 g/mol. The second-order valence-corrected chi connectivity index (χ2v) is 19.6. The Hall–Kier alpha value is -0.866. The van der Waals surface area contributed by atoms with Gasteiger partial charge in [0.05, 0.1) is 8.07 Å². The minimum Gasteiger partial charge on any atom is -0.0660 e. The Morgan fingerprint density at radius 2 is 1.38 bits per heavy atom. The maximum absolute atomic E-state index is 2.65. The molecular formula is C24H40Si2. The van der Waals surface area contributed by atoms with Gasteiger partial charge in [0.15, 0.2) is 0 Å². The summed E-state index contributed by atoms with van der Waals surface area (Å²) in [6.45, 7) is 26.7. The molecule has 144 valence electrons. The minimum atomic E-state index is -1.75. The van der Waals surface area contributed by atoms with Crippen LogP contribution in [0.1, 0.15) is 47.1 Å². The molecule has 0 aliphatic heterocycles. The lowest BCUT2D eigenvalue weighted by Crippen LogP contribution is -2.52. The maximum Gasteiger partial charge on any atom is 0.111 e. The van der Waals surface area contributed by atoms with E-state index >= 15 is 0 Å². The topological polar surface area (TPSA) is 0 Å². The lowest BCUT2D eigenvalue weighted by atomic mass is 10.1. The normalized spacial score (nSPS) is 21.0. The highest BCUT2D eigenvalue weighted by molar-refractivity contribution is 6.97. The molecule has 0 radical (unpaired) electrons. The highest BCUT2D eigenvalue weighted by Crippen LogP contribution is 2.43. The van der Waals surface area contributed by atoms with Gasteiger partial charge in [-0.05, 0) is 51.1 Å². The van der Waals surface area contributed by atoms with E-state index in [1.807, 2.05) is 0 Å². The Morgan fingerprint density at radius 1 is 0.846 bits per heavy atom. The van der Waals surface area contributed by atoms with Gasteiger partial charge in [0.2, 0.25) is 0 Å². The van der Waals surface area contributed by atoms with Gasteiger partial charge >= 0.3 is 0 Å². The molecule has 0 fully saturated rings. The van der Waals surface area contributed by atoms with Crippen molar-refractivity contribution in [3.8, 4) is 0 Å². The third kappa shape index (κ3) is 3.87. The summed E-state index contributed by atoms with van der Waals surface area (Å²) in [5.41, 5.74) is 6.19. The Morgan fingerprint density at radius 3 is 1.81 bits per heavy atom. The molecule has 0 bridgehead atoms. The van der Waals surface area contributed by atoms with Crippen LogP contribution >= 0.6 is 0 Å². The first-order valence-corrected chi connectivity index (χ1v) is 16.5. The molecule has 2 heteroatoms. The molecule has 1 aliphatic rings. The summed E-state index contributed by atoms with van der Waals surface area (Å²) in [7, 11) is -3.07. The second kappa shape index (κ2) is 7.28. The highest BCUT2D eigenvalue weighted by atomic mass is 28.3. The van der Waals surface area contributed by atoms with E-state index in [0.29, 0.717) is 5.92 Å². The van der Waals surface area contributed by atoms with E-state index in [9.17, 15) is 0 Å². The summed E-state index contributed by atoms with van der Waals surface area (Å²) in [4.78, 5) is 0. The van der Waals surface area contributed by atoms with Crippen LogP contribution in [0.3, 0.4) is 0 Å². The van der Waals surface area contributed by atoms with Gasteiger partial charge in [-0.3, -0.25) is 0 Å². The van der Waals surface area contributed by atoms with Gasteiger partial charge in [0.1, 0.15) is 8.07 Å². The van der Waals surface area contributed by atoms with Crippen LogP contribution in [0.25, 0.3) is 0 Å². The van der Waals surface area contributed by atoms with Gasteiger partial charge in [-0.1, -0.05) is 97.4 Å². The minimum absolute atomic E-state index is 0.612.